The third kappa shape index (κ3) is 10.3. The Morgan fingerprint density at radius 1 is 0.487 bits per heavy atom. The average Bonchev–Trinajstić information content (AvgIpc) is 3.85. The van der Waals surface area contributed by atoms with Crippen LogP contribution in [-0.2, 0) is 52.2 Å². The van der Waals surface area contributed by atoms with Crippen molar-refractivity contribution in [3.63, 3.8) is 0 Å². The van der Waals surface area contributed by atoms with Crippen LogP contribution in [0.5, 0.6) is 0 Å². The maximum Gasteiger partial charge on any atom is 0.314 e. The number of aliphatic hydroxyl groups is 17. The summed E-state index contributed by atoms with van der Waals surface area (Å²) in [6, 6.07) is 0. The number of aliphatic hydroxyl groups excluding tert-OH is 17. The molecule has 9 rings (SSSR count). The number of fused-ring (bicyclic) bond motifs is 3. The molecule has 448 valence electrons. The van der Waals surface area contributed by atoms with Gasteiger partial charge in [0.15, 0.2) is 31.3 Å². The Balaban J connectivity index is 0.938. The van der Waals surface area contributed by atoms with Crippen LogP contribution in [-0.4, -0.2) is 285 Å². The molecule has 4 aliphatic carbocycles. The molecular weight excluding hydrogens is 1050 g/mol. The lowest BCUT2D eigenvalue weighted by atomic mass is 9.41. The summed E-state index contributed by atoms with van der Waals surface area (Å²) in [7, 11) is 0. The predicted octanol–water partition coefficient (Wildman–Crippen LogP) is -7.29. The molecule has 0 radical (unpaired) electrons. The molecule has 2 bridgehead atoms. The van der Waals surface area contributed by atoms with Crippen molar-refractivity contribution in [3.8, 4) is 0 Å². The Bertz CT molecular complexity index is 2070. The van der Waals surface area contributed by atoms with Gasteiger partial charge in [0.25, 0.3) is 0 Å². The highest BCUT2D eigenvalue weighted by atomic mass is 16.8. The highest BCUT2D eigenvalue weighted by molar-refractivity contribution is 5.77. The minimum Gasteiger partial charge on any atom is -0.432 e. The molecule has 5 heterocycles. The standard InChI is InChI=1S/C50H80O28/c1-18-11-49-9-5-24-47(2,7-4-8-48(24,3)46(68)77-44-39(34(64)29(59)22(15-54)72-44)75-42-37(67)32(62)27(57)20(13-52)70-42)25(49)6-10-50(18,17-49)78-45-40(35(65)30(60)23(16-55)73-45)76-43-38(33(63)28(58)21(14-53)71-43)74-41-36(66)31(61)26(56)19(12-51)69-41/h19-45,51-67H,1,4-17H2,2-3H3/t19?,20?,21?,22?,23?,24?,25-,26?,27?,28?,29?,30?,31?,32?,33?,34?,35?,36?,37?,38?,39?,40?,41?,42?,43?,44?,45?,47+,48+,49+,50?/m0/s1. The van der Waals surface area contributed by atoms with Gasteiger partial charge in [-0.2, -0.15) is 0 Å². The first kappa shape index (κ1) is 60.8. The summed E-state index contributed by atoms with van der Waals surface area (Å²) in [5.41, 5.74) is -2.69. The molecule has 0 aromatic heterocycles. The largest absolute Gasteiger partial charge is 0.432 e. The smallest absolute Gasteiger partial charge is 0.314 e. The van der Waals surface area contributed by atoms with E-state index in [0.717, 1.165) is 0 Å². The van der Waals surface area contributed by atoms with Gasteiger partial charge >= 0.3 is 5.97 Å². The topological polar surface area (TPSA) is 453 Å². The van der Waals surface area contributed by atoms with E-state index in [4.69, 9.17) is 47.4 Å². The molecule has 9 aliphatic rings. The Morgan fingerprint density at radius 2 is 0.885 bits per heavy atom. The third-order valence-corrected chi connectivity index (χ3v) is 19.2. The van der Waals surface area contributed by atoms with Crippen molar-refractivity contribution in [2.24, 2.45) is 28.1 Å². The van der Waals surface area contributed by atoms with Crippen LogP contribution in [0.2, 0.25) is 0 Å². The monoisotopic (exact) mass is 1130 g/mol. The predicted molar refractivity (Wildman–Crippen MR) is 252 cm³/mol. The van der Waals surface area contributed by atoms with Gasteiger partial charge in [0, 0.05) is 0 Å². The van der Waals surface area contributed by atoms with E-state index in [1.54, 1.807) is 6.92 Å². The summed E-state index contributed by atoms with van der Waals surface area (Å²) in [6.45, 7) is 4.35. The van der Waals surface area contributed by atoms with Crippen LogP contribution in [0.1, 0.15) is 71.6 Å². The van der Waals surface area contributed by atoms with Crippen LogP contribution in [0.15, 0.2) is 12.2 Å². The summed E-state index contributed by atoms with van der Waals surface area (Å²) in [4.78, 5) is 14.9. The van der Waals surface area contributed by atoms with Gasteiger partial charge < -0.3 is 134 Å². The number of ether oxygens (including phenoxy) is 10. The van der Waals surface area contributed by atoms with Crippen molar-refractivity contribution in [2.75, 3.05) is 33.0 Å². The van der Waals surface area contributed by atoms with Crippen molar-refractivity contribution >= 4 is 5.97 Å². The van der Waals surface area contributed by atoms with Crippen LogP contribution in [0.3, 0.4) is 0 Å². The van der Waals surface area contributed by atoms with E-state index in [9.17, 15) is 91.6 Å². The van der Waals surface area contributed by atoms with Gasteiger partial charge in [0.1, 0.15) is 116 Å². The van der Waals surface area contributed by atoms with Crippen molar-refractivity contribution in [2.45, 2.75) is 231 Å². The van der Waals surface area contributed by atoms with Crippen molar-refractivity contribution in [3.05, 3.63) is 12.2 Å². The fourth-order valence-electron chi connectivity index (χ4n) is 14.9. The zero-order valence-corrected chi connectivity index (χ0v) is 43.3. The molecule has 28 nitrogen and oxygen atoms in total. The molecule has 0 aromatic carbocycles. The number of carbonyl (C=O) groups is 1. The minimum absolute atomic E-state index is 0.0488. The molecule has 1 spiro atoms. The minimum atomic E-state index is -1.98. The van der Waals surface area contributed by atoms with E-state index in [0.29, 0.717) is 63.4 Å². The van der Waals surface area contributed by atoms with E-state index < -0.39 is 214 Å². The van der Waals surface area contributed by atoms with E-state index in [1.165, 1.54) is 0 Å². The lowest BCUT2D eigenvalue weighted by molar-refractivity contribution is -0.398. The van der Waals surface area contributed by atoms with E-state index in [-0.39, 0.29) is 11.8 Å². The fraction of sp³-hybridized carbons (Fsp3) is 0.940. The van der Waals surface area contributed by atoms with Crippen molar-refractivity contribution < 1.29 is 139 Å². The van der Waals surface area contributed by atoms with Crippen LogP contribution in [0.4, 0.5) is 0 Å². The lowest BCUT2D eigenvalue weighted by Gasteiger charge is -2.64. The molecule has 28 heteroatoms. The van der Waals surface area contributed by atoms with Gasteiger partial charge in [0.2, 0.25) is 6.29 Å². The molecule has 4 saturated carbocycles. The van der Waals surface area contributed by atoms with Crippen molar-refractivity contribution in [1.82, 2.24) is 0 Å². The van der Waals surface area contributed by atoms with Gasteiger partial charge in [-0.15, -0.1) is 0 Å². The summed E-state index contributed by atoms with van der Waals surface area (Å²) in [5.74, 6) is -1.10. The Labute approximate surface area is 448 Å². The summed E-state index contributed by atoms with van der Waals surface area (Å²) >= 11 is 0. The molecule has 5 aliphatic heterocycles. The Hall–Kier alpha value is -1.83. The van der Waals surface area contributed by atoms with E-state index in [2.05, 4.69) is 13.5 Å². The van der Waals surface area contributed by atoms with Crippen LogP contribution < -0.4 is 0 Å². The quantitative estimate of drug-likeness (QED) is 0.0411. The van der Waals surface area contributed by atoms with Crippen LogP contribution in [0.25, 0.3) is 0 Å². The van der Waals surface area contributed by atoms with Crippen molar-refractivity contribution in [1.29, 1.82) is 0 Å². The second-order valence-electron chi connectivity index (χ2n) is 23.6. The second kappa shape index (κ2) is 23.3. The zero-order chi connectivity index (χ0) is 56.7. The number of hydrogen-bond donors (Lipinski definition) is 17. The van der Waals surface area contributed by atoms with Gasteiger partial charge in [-0.1, -0.05) is 19.9 Å². The Kier molecular flexibility index (Phi) is 18.2. The molecular formula is C50H80O28. The lowest BCUT2D eigenvalue weighted by Crippen LogP contribution is -2.67. The molecule has 31 atom stereocenters. The van der Waals surface area contributed by atoms with Gasteiger partial charge in [-0.25, -0.2) is 0 Å². The molecule has 5 saturated heterocycles. The summed E-state index contributed by atoms with van der Waals surface area (Å²) in [5, 5.41) is 181. The van der Waals surface area contributed by atoms with E-state index >= 15 is 0 Å². The molecule has 9 fully saturated rings. The number of esters is 1. The molecule has 0 aromatic rings. The van der Waals surface area contributed by atoms with Gasteiger partial charge in [0.05, 0.1) is 44.1 Å². The molecule has 27 unspecified atom stereocenters. The average molecular weight is 1130 g/mol. The number of hydrogen-bond acceptors (Lipinski definition) is 28. The van der Waals surface area contributed by atoms with E-state index in [1.807, 2.05) is 0 Å². The van der Waals surface area contributed by atoms with Gasteiger partial charge in [-0.3, -0.25) is 4.79 Å². The van der Waals surface area contributed by atoms with Crippen LogP contribution in [0, 0.1) is 28.1 Å². The summed E-state index contributed by atoms with van der Waals surface area (Å²) in [6.07, 6.45) is -39.7. The maximum absolute atomic E-state index is 14.9. The van der Waals surface area contributed by atoms with Gasteiger partial charge in [-0.05, 0) is 86.5 Å². The third-order valence-electron chi connectivity index (χ3n) is 19.2. The first-order valence-electron chi connectivity index (χ1n) is 26.9. The summed E-state index contributed by atoms with van der Waals surface area (Å²) < 4.78 is 59.8. The number of carbonyl (C=O) groups excluding carboxylic acids is 1. The Morgan fingerprint density at radius 3 is 1.37 bits per heavy atom. The first-order valence-corrected chi connectivity index (χ1v) is 26.9. The number of rotatable bonds is 15. The highest BCUT2D eigenvalue weighted by Crippen LogP contribution is 2.74. The SMILES string of the molecule is C=C1C[C@@]23CCC4[C@](C)(C(=O)OC5OC(CO)C(O)C(O)C5OC5OC(CO)C(O)C(O)C5O)CCC[C@@]4(C)[C@@H]2CCC1(OC1OC(CO)C(O)C(O)C1OC1OC(CO)C(O)C(O)C1OC1OC(CO)C(O)C(O)C1O)C3. The second-order valence-corrected chi connectivity index (χ2v) is 23.6. The highest BCUT2D eigenvalue weighted by Gasteiger charge is 2.70. The molecule has 78 heavy (non-hydrogen) atoms. The fourth-order valence-corrected chi connectivity index (χ4v) is 14.9. The van der Waals surface area contributed by atoms with Crippen LogP contribution >= 0.6 is 0 Å². The zero-order valence-electron chi connectivity index (χ0n) is 43.3. The molecule has 17 N–H and O–H groups in total. The molecule has 0 amide bonds. The normalized spacial score (nSPS) is 54.5. The maximum atomic E-state index is 14.9. The first-order chi connectivity index (χ1) is 36.9.